The molecule has 1 heterocycles. The molecule has 35 heavy (non-hydrogen) atoms. The molecular formula is C26H37FN2O5S. The summed E-state index contributed by atoms with van der Waals surface area (Å²) in [7, 11) is 0. The summed E-state index contributed by atoms with van der Waals surface area (Å²) in [6.45, 7) is 5.38. The lowest BCUT2D eigenvalue weighted by molar-refractivity contribution is -0.186. The van der Waals surface area contributed by atoms with Crippen molar-refractivity contribution in [3.05, 3.63) is 30.1 Å². The van der Waals surface area contributed by atoms with Crippen molar-refractivity contribution in [1.29, 1.82) is 0 Å². The maximum atomic E-state index is 13.5. The number of anilines is 1. The smallest absolute Gasteiger partial charge is 0.411 e. The minimum absolute atomic E-state index is 0.0289. The fourth-order valence-corrected chi connectivity index (χ4v) is 7.66. The number of halogens is 1. The van der Waals surface area contributed by atoms with Crippen LogP contribution in [0.1, 0.15) is 46.0 Å². The minimum atomic E-state index is -0.727. The van der Waals surface area contributed by atoms with Crippen LogP contribution in [-0.2, 0) is 9.53 Å². The van der Waals surface area contributed by atoms with Crippen molar-refractivity contribution >= 4 is 29.4 Å². The third-order valence-electron chi connectivity index (χ3n) is 8.75. The van der Waals surface area contributed by atoms with Gasteiger partial charge in [0.2, 0.25) is 5.91 Å². The van der Waals surface area contributed by atoms with E-state index in [4.69, 9.17) is 4.74 Å². The monoisotopic (exact) mass is 508 g/mol. The van der Waals surface area contributed by atoms with Gasteiger partial charge in [-0.25, -0.2) is 9.18 Å². The van der Waals surface area contributed by atoms with E-state index in [9.17, 15) is 24.2 Å². The van der Waals surface area contributed by atoms with Crippen LogP contribution in [0, 0.1) is 28.5 Å². The first-order valence-corrected chi connectivity index (χ1v) is 13.7. The fourth-order valence-electron chi connectivity index (χ4n) is 6.75. The van der Waals surface area contributed by atoms with Gasteiger partial charge in [-0.1, -0.05) is 19.9 Å². The maximum Gasteiger partial charge on any atom is 0.411 e. The van der Waals surface area contributed by atoms with Crippen LogP contribution in [0.3, 0.4) is 0 Å². The van der Waals surface area contributed by atoms with E-state index in [0.717, 1.165) is 24.6 Å². The lowest BCUT2D eigenvalue weighted by Gasteiger charge is -2.60. The number of fused-ring (bicyclic) bond motifs is 1. The summed E-state index contributed by atoms with van der Waals surface area (Å²) in [5.74, 6) is 1.28. The number of rotatable bonds is 5. The van der Waals surface area contributed by atoms with Crippen molar-refractivity contribution in [3.8, 4) is 0 Å². The lowest BCUT2D eigenvalue weighted by atomic mass is 9.46. The second kappa shape index (κ2) is 10.6. The number of amides is 2. The highest BCUT2D eigenvalue weighted by Gasteiger charge is 2.60. The normalized spacial score (nSPS) is 35.2. The highest BCUT2D eigenvalue weighted by molar-refractivity contribution is 7.99. The standard InChI is InChI=1S/C26H37FN2O5S/c1-25-9-8-22(34-24(33)28-18-5-3-4-17(27)14-18)26(2,16-30)21(25)7-6-20(31)19(25)15-23(32)29-10-12-35-13-11-29/h3-5,14,19-22,30-31H,6-13,15-16H2,1-2H3,(H,28,33). The molecule has 1 saturated heterocycles. The van der Waals surface area contributed by atoms with E-state index in [1.807, 2.05) is 23.6 Å². The summed E-state index contributed by atoms with van der Waals surface area (Å²) in [6.07, 6.45) is 0.924. The van der Waals surface area contributed by atoms with Gasteiger partial charge in [0, 0.05) is 42.1 Å². The van der Waals surface area contributed by atoms with Crippen LogP contribution in [0.2, 0.25) is 0 Å². The van der Waals surface area contributed by atoms with Crippen molar-refractivity contribution in [2.45, 2.75) is 58.2 Å². The molecule has 0 bridgehead atoms. The second-order valence-electron chi connectivity index (χ2n) is 10.7. The Kier molecular flexibility index (Phi) is 7.98. The van der Waals surface area contributed by atoms with Gasteiger partial charge in [-0.15, -0.1) is 0 Å². The van der Waals surface area contributed by atoms with Crippen molar-refractivity contribution in [1.82, 2.24) is 4.90 Å². The third kappa shape index (κ3) is 5.32. The van der Waals surface area contributed by atoms with E-state index >= 15 is 0 Å². The molecule has 0 aromatic heterocycles. The summed E-state index contributed by atoms with van der Waals surface area (Å²) < 4.78 is 19.3. The number of hydrogen-bond donors (Lipinski definition) is 3. The van der Waals surface area contributed by atoms with Crippen LogP contribution in [0.5, 0.6) is 0 Å². The Bertz CT molecular complexity index is 929. The maximum absolute atomic E-state index is 13.5. The molecular weight excluding hydrogens is 471 g/mol. The van der Waals surface area contributed by atoms with E-state index in [1.165, 1.54) is 18.2 Å². The Balaban J connectivity index is 1.49. The van der Waals surface area contributed by atoms with Gasteiger partial charge in [0.15, 0.2) is 0 Å². The number of ether oxygens (including phenoxy) is 1. The summed E-state index contributed by atoms with van der Waals surface area (Å²) in [5.41, 5.74) is -0.791. The first-order chi connectivity index (χ1) is 16.7. The molecule has 0 spiro atoms. The number of aliphatic hydroxyl groups is 2. The molecule has 3 N–H and O–H groups in total. The predicted molar refractivity (Wildman–Crippen MR) is 134 cm³/mol. The lowest BCUT2D eigenvalue weighted by Crippen LogP contribution is -2.61. The number of nitrogens with one attached hydrogen (secondary N) is 1. The molecule has 9 heteroatoms. The van der Waals surface area contributed by atoms with Crippen molar-refractivity contribution in [2.24, 2.45) is 22.7 Å². The van der Waals surface area contributed by atoms with Gasteiger partial charge < -0.3 is 19.8 Å². The molecule has 6 atom stereocenters. The Morgan fingerprint density at radius 2 is 1.97 bits per heavy atom. The number of nitrogens with zero attached hydrogens (tertiary/aromatic N) is 1. The van der Waals surface area contributed by atoms with E-state index in [0.29, 0.717) is 37.8 Å². The largest absolute Gasteiger partial charge is 0.445 e. The van der Waals surface area contributed by atoms with Crippen molar-refractivity contribution < 1.29 is 28.9 Å². The van der Waals surface area contributed by atoms with Gasteiger partial charge in [-0.05, 0) is 61.1 Å². The molecule has 7 nitrogen and oxygen atoms in total. The number of carbonyl (C=O) groups is 2. The molecule has 4 rings (SSSR count). The molecule has 3 fully saturated rings. The molecule has 1 aliphatic heterocycles. The number of aliphatic hydroxyl groups excluding tert-OH is 2. The summed E-state index contributed by atoms with van der Waals surface area (Å²) >= 11 is 1.85. The van der Waals surface area contributed by atoms with E-state index < -0.39 is 29.5 Å². The predicted octanol–water partition coefficient (Wildman–Crippen LogP) is 3.89. The van der Waals surface area contributed by atoms with Crippen molar-refractivity contribution in [2.75, 3.05) is 36.5 Å². The molecule has 1 aromatic rings. The molecule has 2 aliphatic carbocycles. The Labute approximate surface area is 210 Å². The van der Waals surface area contributed by atoms with Crippen LogP contribution in [-0.4, -0.2) is 70.5 Å². The fraction of sp³-hybridized carbons (Fsp3) is 0.692. The highest BCUT2D eigenvalue weighted by Crippen LogP contribution is 2.61. The van der Waals surface area contributed by atoms with Gasteiger partial charge in [0.05, 0.1) is 12.7 Å². The molecule has 194 valence electrons. The summed E-state index contributed by atoms with van der Waals surface area (Å²) in [4.78, 5) is 27.7. The molecule has 6 unspecified atom stereocenters. The zero-order valence-electron chi connectivity index (χ0n) is 20.5. The Hall–Kier alpha value is -1.84. The number of carbonyl (C=O) groups excluding carboxylic acids is 2. The van der Waals surface area contributed by atoms with E-state index in [1.54, 1.807) is 6.07 Å². The average molecular weight is 509 g/mol. The number of thioether (sulfide) groups is 1. The first-order valence-electron chi connectivity index (χ1n) is 12.5. The number of benzene rings is 1. The molecule has 2 saturated carbocycles. The topological polar surface area (TPSA) is 99.1 Å². The summed E-state index contributed by atoms with van der Waals surface area (Å²) in [6, 6.07) is 5.60. The van der Waals surface area contributed by atoms with Crippen LogP contribution in [0.25, 0.3) is 0 Å². The Morgan fingerprint density at radius 1 is 1.23 bits per heavy atom. The van der Waals surface area contributed by atoms with Gasteiger partial charge in [-0.3, -0.25) is 10.1 Å². The van der Waals surface area contributed by atoms with Crippen LogP contribution >= 0.6 is 11.8 Å². The third-order valence-corrected chi connectivity index (χ3v) is 9.70. The van der Waals surface area contributed by atoms with Crippen LogP contribution in [0.4, 0.5) is 14.9 Å². The van der Waals surface area contributed by atoms with Crippen LogP contribution in [0.15, 0.2) is 24.3 Å². The van der Waals surface area contributed by atoms with E-state index in [-0.39, 0.29) is 29.8 Å². The average Bonchev–Trinajstić information content (AvgIpc) is 2.84. The van der Waals surface area contributed by atoms with E-state index in [2.05, 4.69) is 12.2 Å². The first kappa shape index (κ1) is 26.2. The molecule has 3 aliphatic rings. The highest BCUT2D eigenvalue weighted by atomic mass is 32.2. The molecule has 1 aromatic carbocycles. The quantitative estimate of drug-likeness (QED) is 0.558. The van der Waals surface area contributed by atoms with Gasteiger partial charge in [0.25, 0.3) is 0 Å². The number of hydrogen-bond acceptors (Lipinski definition) is 6. The SMILES string of the molecule is CC1(CO)C(OC(=O)Nc2cccc(F)c2)CCC2(C)C(CC(=O)N3CCSCC3)C(O)CCC12. The second-order valence-corrected chi connectivity index (χ2v) is 12.0. The zero-order valence-corrected chi connectivity index (χ0v) is 21.4. The van der Waals surface area contributed by atoms with Gasteiger partial charge in [-0.2, -0.15) is 11.8 Å². The molecule has 0 radical (unpaired) electrons. The van der Waals surface area contributed by atoms with Gasteiger partial charge >= 0.3 is 6.09 Å². The van der Waals surface area contributed by atoms with Gasteiger partial charge in [0.1, 0.15) is 11.9 Å². The zero-order chi connectivity index (χ0) is 25.2. The minimum Gasteiger partial charge on any atom is -0.445 e. The molecule has 2 amide bonds. The Morgan fingerprint density at radius 3 is 2.66 bits per heavy atom. The summed E-state index contributed by atoms with van der Waals surface area (Å²) in [5, 5.41) is 24.1. The van der Waals surface area contributed by atoms with Crippen LogP contribution < -0.4 is 5.32 Å². The van der Waals surface area contributed by atoms with Crippen molar-refractivity contribution in [3.63, 3.8) is 0 Å².